The molecule has 16 heavy (non-hydrogen) atoms. The molecular weight excluding hydrogens is 226 g/mol. The van der Waals surface area contributed by atoms with E-state index in [0.29, 0.717) is 5.02 Å². The van der Waals surface area contributed by atoms with E-state index in [1.807, 2.05) is 6.92 Å². The summed E-state index contributed by atoms with van der Waals surface area (Å²) in [5, 5.41) is 14.8. The van der Waals surface area contributed by atoms with Gasteiger partial charge in [-0.25, -0.2) is 9.67 Å². The van der Waals surface area contributed by atoms with Crippen LogP contribution in [0.15, 0.2) is 36.9 Å². The topological polar surface area (TPSA) is 50.9 Å². The Morgan fingerprint density at radius 3 is 2.56 bits per heavy atom. The lowest BCUT2D eigenvalue weighted by molar-refractivity contribution is 0.115. The molecule has 4 nitrogen and oxygen atoms in total. The highest BCUT2D eigenvalue weighted by Gasteiger charge is 2.18. The van der Waals surface area contributed by atoms with Gasteiger partial charge in [0.15, 0.2) is 0 Å². The monoisotopic (exact) mass is 237 g/mol. The molecule has 0 saturated heterocycles. The highest BCUT2D eigenvalue weighted by atomic mass is 35.5. The summed E-state index contributed by atoms with van der Waals surface area (Å²) < 4.78 is 1.62. The number of halogens is 1. The normalized spacial score (nSPS) is 14.7. The maximum Gasteiger partial charge on any atom is 0.137 e. The van der Waals surface area contributed by atoms with Crippen molar-refractivity contribution in [3.8, 4) is 0 Å². The molecule has 2 rings (SSSR count). The van der Waals surface area contributed by atoms with Gasteiger partial charge < -0.3 is 5.11 Å². The van der Waals surface area contributed by atoms with Gasteiger partial charge in [0.25, 0.3) is 0 Å². The second kappa shape index (κ2) is 4.63. The van der Waals surface area contributed by atoms with Crippen LogP contribution in [0.5, 0.6) is 0 Å². The third-order valence-electron chi connectivity index (χ3n) is 2.52. The van der Waals surface area contributed by atoms with E-state index in [0.717, 1.165) is 5.56 Å². The standard InChI is InChI=1S/C11H12ClN3O/c1-8(15-7-13-6-14-15)11(16)9-2-4-10(12)5-3-9/h2-8,11,16H,1H3. The maximum atomic E-state index is 10.1. The molecule has 0 radical (unpaired) electrons. The number of rotatable bonds is 3. The number of aliphatic hydroxyl groups is 1. The van der Waals surface area contributed by atoms with Crippen molar-refractivity contribution >= 4 is 11.6 Å². The van der Waals surface area contributed by atoms with Crippen LogP contribution in [0.3, 0.4) is 0 Å². The Labute approximate surface area is 98.5 Å². The zero-order chi connectivity index (χ0) is 11.5. The van der Waals surface area contributed by atoms with Gasteiger partial charge in [0.1, 0.15) is 18.8 Å². The molecule has 1 aromatic heterocycles. The zero-order valence-corrected chi connectivity index (χ0v) is 9.54. The largest absolute Gasteiger partial charge is 0.386 e. The molecule has 0 aliphatic rings. The lowest BCUT2D eigenvalue weighted by Gasteiger charge is -2.19. The van der Waals surface area contributed by atoms with Crippen LogP contribution in [-0.4, -0.2) is 19.9 Å². The van der Waals surface area contributed by atoms with Gasteiger partial charge in [0.2, 0.25) is 0 Å². The van der Waals surface area contributed by atoms with Gasteiger partial charge in [-0.05, 0) is 24.6 Å². The molecule has 1 N–H and O–H groups in total. The van der Waals surface area contributed by atoms with E-state index < -0.39 is 6.10 Å². The van der Waals surface area contributed by atoms with Gasteiger partial charge in [-0.2, -0.15) is 5.10 Å². The number of hydrogen-bond donors (Lipinski definition) is 1. The summed E-state index contributed by atoms with van der Waals surface area (Å²) in [5.41, 5.74) is 0.812. The Balaban J connectivity index is 2.19. The summed E-state index contributed by atoms with van der Waals surface area (Å²) in [6, 6.07) is 6.96. The highest BCUT2D eigenvalue weighted by molar-refractivity contribution is 6.30. The first-order chi connectivity index (χ1) is 7.68. The minimum absolute atomic E-state index is 0.163. The average molecular weight is 238 g/mol. The average Bonchev–Trinajstić information content (AvgIpc) is 2.81. The van der Waals surface area contributed by atoms with Gasteiger partial charge in [-0.15, -0.1) is 0 Å². The summed E-state index contributed by atoms with van der Waals surface area (Å²) in [6.07, 6.45) is 2.41. The molecule has 0 amide bonds. The molecule has 5 heteroatoms. The molecule has 0 saturated carbocycles. The van der Waals surface area contributed by atoms with Crippen LogP contribution in [0.25, 0.3) is 0 Å². The minimum Gasteiger partial charge on any atom is -0.386 e. The molecule has 2 aromatic rings. The van der Waals surface area contributed by atoms with Crippen LogP contribution in [0.1, 0.15) is 24.6 Å². The third-order valence-corrected chi connectivity index (χ3v) is 2.77. The van der Waals surface area contributed by atoms with Crippen molar-refractivity contribution in [2.45, 2.75) is 19.1 Å². The van der Waals surface area contributed by atoms with Crippen molar-refractivity contribution in [2.75, 3.05) is 0 Å². The van der Waals surface area contributed by atoms with Crippen molar-refractivity contribution in [2.24, 2.45) is 0 Å². The quantitative estimate of drug-likeness (QED) is 0.891. The van der Waals surface area contributed by atoms with Crippen LogP contribution >= 0.6 is 11.6 Å². The summed E-state index contributed by atoms with van der Waals surface area (Å²) in [6.45, 7) is 1.88. The van der Waals surface area contributed by atoms with Crippen molar-refractivity contribution < 1.29 is 5.11 Å². The van der Waals surface area contributed by atoms with E-state index in [2.05, 4.69) is 10.1 Å². The fraction of sp³-hybridized carbons (Fsp3) is 0.273. The van der Waals surface area contributed by atoms with Gasteiger partial charge >= 0.3 is 0 Å². The molecule has 2 atom stereocenters. The first kappa shape index (κ1) is 11.1. The smallest absolute Gasteiger partial charge is 0.137 e. The first-order valence-corrected chi connectivity index (χ1v) is 5.34. The fourth-order valence-corrected chi connectivity index (χ4v) is 1.64. The lowest BCUT2D eigenvalue weighted by atomic mass is 10.0. The fourth-order valence-electron chi connectivity index (χ4n) is 1.51. The van der Waals surface area contributed by atoms with Gasteiger partial charge in [-0.1, -0.05) is 23.7 Å². The Morgan fingerprint density at radius 1 is 1.31 bits per heavy atom. The second-order valence-electron chi connectivity index (χ2n) is 3.61. The van der Waals surface area contributed by atoms with Crippen LogP contribution in [0.2, 0.25) is 5.02 Å². The lowest BCUT2D eigenvalue weighted by Crippen LogP contribution is -2.15. The molecule has 84 valence electrons. The molecule has 0 fully saturated rings. The van der Waals surface area contributed by atoms with Gasteiger partial charge in [0.05, 0.1) is 6.04 Å². The van der Waals surface area contributed by atoms with Gasteiger partial charge in [-0.3, -0.25) is 0 Å². The Morgan fingerprint density at radius 2 is 2.00 bits per heavy atom. The predicted molar refractivity (Wildman–Crippen MR) is 61.1 cm³/mol. The van der Waals surface area contributed by atoms with Gasteiger partial charge in [0, 0.05) is 5.02 Å². The molecule has 0 spiro atoms. The van der Waals surface area contributed by atoms with E-state index in [1.165, 1.54) is 6.33 Å². The molecule has 1 aromatic carbocycles. The second-order valence-corrected chi connectivity index (χ2v) is 4.05. The maximum absolute atomic E-state index is 10.1. The first-order valence-electron chi connectivity index (χ1n) is 4.96. The number of aromatic nitrogens is 3. The van der Waals surface area contributed by atoms with E-state index in [1.54, 1.807) is 35.3 Å². The highest BCUT2D eigenvalue weighted by Crippen LogP contribution is 2.25. The van der Waals surface area contributed by atoms with Crippen molar-refractivity contribution in [1.29, 1.82) is 0 Å². The predicted octanol–water partition coefficient (Wildman–Crippen LogP) is 2.23. The SMILES string of the molecule is CC(C(O)c1ccc(Cl)cc1)n1cncn1. The van der Waals surface area contributed by atoms with Crippen molar-refractivity contribution in [3.63, 3.8) is 0 Å². The Bertz CT molecular complexity index is 441. The van der Waals surface area contributed by atoms with E-state index in [-0.39, 0.29) is 6.04 Å². The van der Waals surface area contributed by atoms with Crippen molar-refractivity contribution in [1.82, 2.24) is 14.8 Å². The van der Waals surface area contributed by atoms with E-state index in [4.69, 9.17) is 11.6 Å². The summed E-state index contributed by atoms with van der Waals surface area (Å²) >= 11 is 5.79. The summed E-state index contributed by atoms with van der Waals surface area (Å²) in [7, 11) is 0. The zero-order valence-electron chi connectivity index (χ0n) is 8.79. The van der Waals surface area contributed by atoms with Crippen LogP contribution in [-0.2, 0) is 0 Å². The summed E-state index contributed by atoms with van der Waals surface area (Å²) in [4.78, 5) is 3.85. The number of benzene rings is 1. The van der Waals surface area contributed by atoms with E-state index >= 15 is 0 Å². The third kappa shape index (κ3) is 2.23. The van der Waals surface area contributed by atoms with Crippen LogP contribution in [0.4, 0.5) is 0 Å². The molecule has 1 heterocycles. The van der Waals surface area contributed by atoms with Crippen LogP contribution < -0.4 is 0 Å². The Kier molecular flexibility index (Phi) is 3.22. The number of nitrogens with zero attached hydrogens (tertiary/aromatic N) is 3. The number of aliphatic hydroxyl groups excluding tert-OH is 1. The van der Waals surface area contributed by atoms with E-state index in [9.17, 15) is 5.11 Å². The molecule has 2 unspecified atom stereocenters. The van der Waals surface area contributed by atoms with Crippen LogP contribution in [0, 0.1) is 0 Å². The molecule has 0 bridgehead atoms. The molecule has 0 aliphatic carbocycles. The number of hydrogen-bond acceptors (Lipinski definition) is 3. The minimum atomic E-state index is -0.626. The Hall–Kier alpha value is -1.39. The van der Waals surface area contributed by atoms with Crippen molar-refractivity contribution in [3.05, 3.63) is 47.5 Å². The molecular formula is C11H12ClN3O. The molecule has 0 aliphatic heterocycles. The summed E-state index contributed by atoms with van der Waals surface area (Å²) in [5.74, 6) is 0.